The van der Waals surface area contributed by atoms with E-state index in [1.807, 2.05) is 0 Å². The van der Waals surface area contributed by atoms with Gasteiger partial charge in [0.05, 0.1) is 5.02 Å². The molecule has 0 aliphatic carbocycles. The average molecular weight is 288 g/mol. The maximum Gasteiger partial charge on any atom is 0.384 e. The molecule has 0 fully saturated rings. The second kappa shape index (κ2) is 4.47. The molecular weight excluding hydrogens is 284 g/mol. The van der Waals surface area contributed by atoms with Crippen molar-refractivity contribution in [3.05, 3.63) is 26.9 Å². The molecule has 0 aliphatic heterocycles. The first kappa shape index (κ1) is 13.7. The summed E-state index contributed by atoms with van der Waals surface area (Å²) < 4.78 is 46.7. The number of nitrogens with two attached hydrogens (primary N) is 1. The molecule has 1 heterocycles. The van der Waals surface area contributed by atoms with E-state index in [2.05, 4.69) is 10.1 Å². The summed E-state index contributed by atoms with van der Waals surface area (Å²) in [6, 6.07) is 0.476. The quantitative estimate of drug-likeness (QED) is 0.663. The lowest BCUT2D eigenvalue weighted by Crippen LogP contribution is -2.16. The van der Waals surface area contributed by atoms with Crippen LogP contribution in [0.2, 0.25) is 5.02 Å². The number of nitro groups is 1. The Morgan fingerprint density at radius 2 is 2.06 bits per heavy atom. The van der Waals surface area contributed by atoms with Crippen LogP contribution in [-0.4, -0.2) is 18.3 Å². The van der Waals surface area contributed by atoms with Crippen LogP contribution >= 0.6 is 11.6 Å². The van der Waals surface area contributed by atoms with E-state index in [4.69, 9.17) is 11.6 Å². The normalized spacial score (nSPS) is 11.8. The van der Waals surface area contributed by atoms with Crippen molar-refractivity contribution in [3.8, 4) is 0 Å². The fourth-order valence-electron chi connectivity index (χ4n) is 0.969. The number of alkyl halides is 2. The van der Waals surface area contributed by atoms with E-state index >= 15 is 0 Å². The summed E-state index contributed by atoms with van der Waals surface area (Å²) >= 11 is 5.32. The third-order valence-corrected chi connectivity index (χ3v) is 2.85. The van der Waals surface area contributed by atoms with Gasteiger partial charge < -0.3 is 10.1 Å². The summed E-state index contributed by atoms with van der Waals surface area (Å²) in [6.45, 7) is 0. The topological polar surface area (TPSA) is 116 Å². The van der Waals surface area contributed by atoms with E-state index in [-0.39, 0.29) is 0 Å². The van der Waals surface area contributed by atoms with Gasteiger partial charge in [-0.2, -0.15) is 0 Å². The predicted octanol–water partition coefficient (Wildman–Crippen LogP) is 1.23. The lowest BCUT2D eigenvalue weighted by atomic mass is 10.3. The number of halogens is 3. The molecule has 1 aromatic rings. The molecule has 1 aromatic heterocycles. The molecular formula is C6H4ClF2N3O4S. The van der Waals surface area contributed by atoms with Crippen molar-refractivity contribution in [3.63, 3.8) is 0 Å². The Balaban J connectivity index is 3.65. The second-order valence-corrected chi connectivity index (χ2v) is 4.72. The van der Waals surface area contributed by atoms with E-state index in [1.54, 1.807) is 0 Å². The van der Waals surface area contributed by atoms with Gasteiger partial charge in [-0.05, 0) is 16.0 Å². The van der Waals surface area contributed by atoms with Gasteiger partial charge in [0.15, 0.2) is 4.90 Å². The number of hydrogen-bond acceptors (Lipinski definition) is 5. The van der Waals surface area contributed by atoms with E-state index in [0.717, 1.165) is 0 Å². The van der Waals surface area contributed by atoms with Gasteiger partial charge in [-0.1, -0.05) is 11.6 Å². The van der Waals surface area contributed by atoms with E-state index < -0.39 is 42.8 Å². The summed E-state index contributed by atoms with van der Waals surface area (Å²) in [4.78, 5) is 11.1. The van der Waals surface area contributed by atoms with Crippen molar-refractivity contribution >= 4 is 27.4 Å². The summed E-state index contributed by atoms with van der Waals surface area (Å²) in [5.41, 5.74) is -1.08. The van der Waals surface area contributed by atoms with E-state index in [0.29, 0.717) is 6.07 Å². The predicted molar refractivity (Wildman–Crippen MR) is 52.2 cm³/mol. The maximum atomic E-state index is 12.3. The first-order chi connectivity index (χ1) is 7.64. The monoisotopic (exact) mass is 287 g/mol. The Morgan fingerprint density at radius 1 is 1.53 bits per heavy atom. The zero-order valence-electron chi connectivity index (χ0n) is 7.80. The Labute approximate surface area is 98.4 Å². The number of pyridine rings is 1. The third-order valence-electron chi connectivity index (χ3n) is 1.64. The van der Waals surface area contributed by atoms with Crippen molar-refractivity contribution in [2.45, 2.75) is 11.3 Å². The van der Waals surface area contributed by atoms with Crippen LogP contribution in [0.25, 0.3) is 0 Å². The fourth-order valence-corrected chi connectivity index (χ4v) is 1.92. The van der Waals surface area contributed by atoms with Crippen molar-refractivity contribution in [1.82, 2.24) is 4.98 Å². The molecule has 94 valence electrons. The van der Waals surface area contributed by atoms with Crippen LogP contribution in [0, 0.1) is 10.1 Å². The first-order valence-electron chi connectivity index (χ1n) is 3.80. The molecule has 0 saturated carbocycles. The summed E-state index contributed by atoms with van der Waals surface area (Å²) in [6.07, 6.45) is -3.17. The summed E-state index contributed by atoms with van der Waals surface area (Å²) in [5.74, 6) is -1.28. The zero-order valence-corrected chi connectivity index (χ0v) is 9.37. The molecule has 7 nitrogen and oxygen atoms in total. The highest BCUT2D eigenvalue weighted by Gasteiger charge is 2.31. The smallest absolute Gasteiger partial charge is 0.358 e. The number of hydrogen-bond donors (Lipinski definition) is 1. The van der Waals surface area contributed by atoms with E-state index in [1.165, 1.54) is 0 Å². The van der Waals surface area contributed by atoms with Crippen LogP contribution in [0.5, 0.6) is 0 Å². The third kappa shape index (κ3) is 2.84. The van der Waals surface area contributed by atoms with Crippen LogP contribution in [0.4, 0.5) is 14.6 Å². The fraction of sp³-hybridized carbons (Fsp3) is 0.167. The number of rotatable bonds is 3. The second-order valence-electron chi connectivity index (χ2n) is 2.78. The van der Waals surface area contributed by atoms with Crippen LogP contribution in [0.15, 0.2) is 11.0 Å². The highest BCUT2D eigenvalue weighted by Crippen LogP contribution is 2.31. The van der Waals surface area contributed by atoms with Crippen LogP contribution in [0.1, 0.15) is 12.1 Å². The molecule has 0 unspecified atom stereocenters. The highest BCUT2D eigenvalue weighted by molar-refractivity contribution is 7.89. The Kier molecular flexibility index (Phi) is 3.59. The van der Waals surface area contributed by atoms with Crippen molar-refractivity contribution in [2.24, 2.45) is 5.14 Å². The molecule has 17 heavy (non-hydrogen) atoms. The standard InChI is InChI=1S/C6H4ClF2N3O4S/c7-2-1-3(17(10,15)16)6(12(13)14)11-4(2)5(8)9/h1,5H,(H2,10,15,16). The van der Waals surface area contributed by atoms with E-state index in [9.17, 15) is 27.3 Å². The van der Waals surface area contributed by atoms with Gasteiger partial charge in [0.1, 0.15) is 0 Å². The first-order valence-corrected chi connectivity index (χ1v) is 5.72. The largest absolute Gasteiger partial charge is 0.384 e. The van der Waals surface area contributed by atoms with Crippen molar-refractivity contribution in [1.29, 1.82) is 0 Å². The van der Waals surface area contributed by atoms with Crippen molar-refractivity contribution < 1.29 is 22.1 Å². The molecule has 0 aromatic carbocycles. The minimum Gasteiger partial charge on any atom is -0.358 e. The van der Waals surface area contributed by atoms with Gasteiger partial charge in [-0.15, -0.1) is 0 Å². The minimum atomic E-state index is -4.48. The average Bonchev–Trinajstić information content (AvgIpc) is 2.14. The van der Waals surface area contributed by atoms with Crippen molar-refractivity contribution in [2.75, 3.05) is 0 Å². The van der Waals surface area contributed by atoms with Gasteiger partial charge in [0.25, 0.3) is 0 Å². The van der Waals surface area contributed by atoms with Gasteiger partial charge in [0, 0.05) is 0 Å². The Bertz CT molecular complexity index is 577. The molecule has 0 bridgehead atoms. The molecule has 0 spiro atoms. The summed E-state index contributed by atoms with van der Waals surface area (Å²) in [5, 5.41) is 14.4. The molecule has 0 aliphatic rings. The van der Waals surface area contributed by atoms with Crippen LogP contribution < -0.4 is 5.14 Å². The lowest BCUT2D eigenvalue weighted by Gasteiger charge is -2.03. The minimum absolute atomic E-state index is 0.476. The lowest BCUT2D eigenvalue weighted by molar-refractivity contribution is -0.392. The highest BCUT2D eigenvalue weighted by atomic mass is 35.5. The van der Waals surface area contributed by atoms with Crippen LogP contribution in [-0.2, 0) is 10.0 Å². The molecule has 11 heteroatoms. The summed E-state index contributed by atoms with van der Waals surface area (Å²) in [7, 11) is -4.48. The van der Waals surface area contributed by atoms with Crippen LogP contribution in [0.3, 0.4) is 0 Å². The number of primary sulfonamides is 1. The molecule has 0 saturated heterocycles. The van der Waals surface area contributed by atoms with Gasteiger partial charge in [0.2, 0.25) is 15.7 Å². The SMILES string of the molecule is NS(=O)(=O)c1cc(Cl)c(C(F)F)nc1[N+](=O)[O-]. The van der Waals surface area contributed by atoms with Gasteiger partial charge >= 0.3 is 12.2 Å². The molecule has 0 radical (unpaired) electrons. The van der Waals surface area contributed by atoms with Gasteiger partial charge in [-0.25, -0.2) is 22.3 Å². The number of aromatic nitrogens is 1. The maximum absolute atomic E-state index is 12.3. The molecule has 2 N–H and O–H groups in total. The molecule has 0 amide bonds. The Morgan fingerprint density at radius 3 is 2.41 bits per heavy atom. The molecule has 0 atom stereocenters. The Hall–Kier alpha value is -1.39. The number of sulfonamides is 1. The molecule has 1 rings (SSSR count). The number of nitrogens with zero attached hydrogens (tertiary/aromatic N) is 2. The zero-order chi connectivity index (χ0) is 13.4. The van der Waals surface area contributed by atoms with Gasteiger partial charge in [-0.3, -0.25) is 0 Å².